The number of amides is 1. The minimum atomic E-state index is 0.356. The summed E-state index contributed by atoms with van der Waals surface area (Å²) in [6.45, 7) is 8.17. The van der Waals surface area contributed by atoms with Gasteiger partial charge in [-0.1, -0.05) is 26.7 Å². The highest BCUT2D eigenvalue weighted by Gasteiger charge is 2.55. The van der Waals surface area contributed by atoms with Crippen molar-refractivity contribution in [2.24, 2.45) is 11.3 Å². The smallest absolute Gasteiger partial charge is 0.222 e. The van der Waals surface area contributed by atoms with Crippen LogP contribution in [0.4, 0.5) is 0 Å². The summed E-state index contributed by atoms with van der Waals surface area (Å²) in [7, 11) is 0. The lowest BCUT2D eigenvalue weighted by molar-refractivity contribution is -0.144. The van der Waals surface area contributed by atoms with Gasteiger partial charge in [-0.2, -0.15) is 0 Å². The average Bonchev–Trinajstić information content (AvgIpc) is 2.53. The summed E-state index contributed by atoms with van der Waals surface area (Å²) in [5.74, 6) is 1.24. The molecular formula is C21H36N2O2. The van der Waals surface area contributed by atoms with Crippen molar-refractivity contribution in [3.63, 3.8) is 0 Å². The molecule has 1 amide bonds. The van der Waals surface area contributed by atoms with Crippen LogP contribution in [0.2, 0.25) is 0 Å². The van der Waals surface area contributed by atoms with Crippen molar-refractivity contribution in [3.05, 3.63) is 0 Å². The van der Waals surface area contributed by atoms with Gasteiger partial charge >= 0.3 is 0 Å². The van der Waals surface area contributed by atoms with Gasteiger partial charge in [0.15, 0.2) is 0 Å². The molecule has 1 heterocycles. The number of piperazine rings is 1. The number of nitrogens with zero attached hydrogens (tertiary/aromatic N) is 2. The van der Waals surface area contributed by atoms with Gasteiger partial charge in [0, 0.05) is 51.0 Å². The van der Waals surface area contributed by atoms with Crippen LogP contribution in [0.3, 0.4) is 0 Å². The molecule has 3 fully saturated rings. The van der Waals surface area contributed by atoms with E-state index in [-0.39, 0.29) is 0 Å². The molecule has 0 radical (unpaired) electrons. The average molecular weight is 349 g/mol. The van der Waals surface area contributed by atoms with E-state index < -0.39 is 0 Å². The van der Waals surface area contributed by atoms with Crippen LogP contribution in [0.5, 0.6) is 0 Å². The van der Waals surface area contributed by atoms with E-state index in [0.29, 0.717) is 29.1 Å². The quantitative estimate of drug-likeness (QED) is 0.629. The SMILES string of the molecule is CCCCCC(=O)N1CCN([C@H]2CC3(C[C@H](C(=O)CCC)C3)C2)CC1. The Morgan fingerprint density at radius 1 is 0.880 bits per heavy atom. The van der Waals surface area contributed by atoms with Gasteiger partial charge in [-0.05, 0) is 43.9 Å². The first kappa shape index (κ1) is 18.9. The second kappa shape index (κ2) is 8.20. The molecule has 142 valence electrons. The fourth-order valence-electron chi connectivity index (χ4n) is 5.22. The van der Waals surface area contributed by atoms with Gasteiger partial charge in [0.1, 0.15) is 5.78 Å². The molecule has 25 heavy (non-hydrogen) atoms. The van der Waals surface area contributed by atoms with E-state index in [4.69, 9.17) is 0 Å². The molecule has 0 atom stereocenters. The fraction of sp³-hybridized carbons (Fsp3) is 0.905. The molecule has 0 aromatic rings. The Bertz CT molecular complexity index is 468. The van der Waals surface area contributed by atoms with Crippen molar-refractivity contribution in [2.75, 3.05) is 26.2 Å². The van der Waals surface area contributed by atoms with E-state index in [0.717, 1.165) is 71.1 Å². The van der Waals surface area contributed by atoms with Crippen LogP contribution in [0.15, 0.2) is 0 Å². The van der Waals surface area contributed by atoms with E-state index in [1.807, 2.05) is 0 Å². The van der Waals surface area contributed by atoms with Crippen molar-refractivity contribution in [3.8, 4) is 0 Å². The predicted octanol–water partition coefficient (Wildman–Crippen LogP) is 3.64. The molecule has 3 rings (SSSR count). The number of Topliss-reactive ketones (excluding diaryl/α,β-unsaturated/α-hetero) is 1. The minimum absolute atomic E-state index is 0.356. The highest BCUT2D eigenvalue weighted by atomic mass is 16.2. The molecule has 0 unspecified atom stereocenters. The van der Waals surface area contributed by atoms with Crippen LogP contribution in [-0.2, 0) is 9.59 Å². The zero-order valence-corrected chi connectivity index (χ0v) is 16.3. The molecule has 3 aliphatic rings. The number of carbonyl (C=O) groups excluding carboxylic acids is 2. The standard InChI is InChI=1S/C21H36N2O2/c1-3-5-6-8-20(25)23-11-9-22(10-12-23)18-15-21(16-18)13-17(14-21)19(24)7-4-2/h17-18H,3-16H2,1-2H3/t17-,18-,21?. The molecule has 4 nitrogen and oxygen atoms in total. The maximum Gasteiger partial charge on any atom is 0.222 e. The van der Waals surface area contributed by atoms with Gasteiger partial charge in [0.2, 0.25) is 5.91 Å². The third kappa shape index (κ3) is 4.27. The number of unbranched alkanes of at least 4 members (excludes halogenated alkanes) is 2. The second-order valence-corrected chi connectivity index (χ2v) is 8.76. The first-order valence-electron chi connectivity index (χ1n) is 10.6. The van der Waals surface area contributed by atoms with Crippen LogP contribution >= 0.6 is 0 Å². The highest BCUT2D eigenvalue weighted by molar-refractivity contribution is 5.82. The molecule has 4 heteroatoms. The summed E-state index contributed by atoms with van der Waals surface area (Å²) in [6.07, 6.45) is 10.8. The maximum absolute atomic E-state index is 12.2. The first-order valence-corrected chi connectivity index (χ1v) is 10.6. The Morgan fingerprint density at radius 2 is 1.56 bits per heavy atom. The van der Waals surface area contributed by atoms with Crippen LogP contribution < -0.4 is 0 Å². The summed E-state index contributed by atoms with van der Waals surface area (Å²) in [4.78, 5) is 28.9. The molecule has 0 aromatic carbocycles. The molecule has 0 N–H and O–H groups in total. The number of ketones is 1. The Hall–Kier alpha value is -0.900. The maximum atomic E-state index is 12.2. The molecular weight excluding hydrogens is 312 g/mol. The third-order valence-electron chi connectivity index (χ3n) is 6.83. The van der Waals surface area contributed by atoms with E-state index in [1.165, 1.54) is 19.3 Å². The van der Waals surface area contributed by atoms with E-state index in [9.17, 15) is 9.59 Å². The summed E-state index contributed by atoms with van der Waals surface area (Å²) in [5.41, 5.74) is 0.506. The van der Waals surface area contributed by atoms with Gasteiger partial charge in [-0.25, -0.2) is 0 Å². The normalized spacial score (nSPS) is 32.3. The van der Waals surface area contributed by atoms with Crippen LogP contribution in [0.1, 0.15) is 78.1 Å². The largest absolute Gasteiger partial charge is 0.340 e. The first-order chi connectivity index (χ1) is 12.1. The molecule has 1 spiro atoms. The van der Waals surface area contributed by atoms with Gasteiger partial charge in [0.25, 0.3) is 0 Å². The Kier molecular flexibility index (Phi) is 6.19. The predicted molar refractivity (Wildman–Crippen MR) is 100 cm³/mol. The third-order valence-corrected chi connectivity index (χ3v) is 6.83. The van der Waals surface area contributed by atoms with Crippen molar-refractivity contribution < 1.29 is 9.59 Å². The summed E-state index contributed by atoms with van der Waals surface area (Å²) >= 11 is 0. The van der Waals surface area contributed by atoms with Crippen LogP contribution in [0, 0.1) is 11.3 Å². The summed E-state index contributed by atoms with van der Waals surface area (Å²) in [6, 6.07) is 0.708. The highest BCUT2D eigenvalue weighted by Crippen LogP contribution is 2.60. The van der Waals surface area contributed by atoms with Crippen LogP contribution in [-0.4, -0.2) is 53.7 Å². The summed E-state index contributed by atoms with van der Waals surface area (Å²) in [5, 5.41) is 0. The number of hydrogen-bond acceptors (Lipinski definition) is 3. The molecule has 1 aliphatic heterocycles. The monoisotopic (exact) mass is 348 g/mol. The van der Waals surface area contributed by atoms with Gasteiger partial charge in [-0.15, -0.1) is 0 Å². The second-order valence-electron chi connectivity index (χ2n) is 8.76. The summed E-state index contributed by atoms with van der Waals surface area (Å²) < 4.78 is 0. The molecule has 2 aliphatic carbocycles. The number of rotatable bonds is 8. The zero-order chi connectivity index (χ0) is 17.9. The van der Waals surface area contributed by atoms with Gasteiger partial charge in [0.05, 0.1) is 0 Å². The Balaban J connectivity index is 1.33. The molecule has 0 aromatic heterocycles. The Labute approximate surface area is 153 Å². The van der Waals surface area contributed by atoms with Gasteiger partial charge in [-0.3, -0.25) is 14.5 Å². The molecule has 0 bridgehead atoms. The number of hydrogen-bond donors (Lipinski definition) is 0. The Morgan fingerprint density at radius 3 is 2.16 bits per heavy atom. The van der Waals surface area contributed by atoms with E-state index in [2.05, 4.69) is 23.6 Å². The van der Waals surface area contributed by atoms with Crippen molar-refractivity contribution in [1.29, 1.82) is 0 Å². The van der Waals surface area contributed by atoms with E-state index >= 15 is 0 Å². The lowest BCUT2D eigenvalue weighted by Gasteiger charge is -2.60. The van der Waals surface area contributed by atoms with Crippen molar-refractivity contribution in [1.82, 2.24) is 9.80 Å². The minimum Gasteiger partial charge on any atom is -0.340 e. The van der Waals surface area contributed by atoms with Crippen LogP contribution in [0.25, 0.3) is 0 Å². The van der Waals surface area contributed by atoms with E-state index in [1.54, 1.807) is 0 Å². The topological polar surface area (TPSA) is 40.6 Å². The van der Waals surface area contributed by atoms with Gasteiger partial charge < -0.3 is 4.90 Å². The fourth-order valence-corrected chi connectivity index (χ4v) is 5.22. The van der Waals surface area contributed by atoms with Crippen molar-refractivity contribution in [2.45, 2.75) is 84.1 Å². The molecule has 1 saturated heterocycles. The van der Waals surface area contributed by atoms with Crippen molar-refractivity contribution >= 4 is 11.7 Å². The zero-order valence-electron chi connectivity index (χ0n) is 16.3. The lowest BCUT2D eigenvalue weighted by atomic mass is 9.49. The molecule has 2 saturated carbocycles. The lowest BCUT2D eigenvalue weighted by Crippen LogP contribution is -2.61. The number of carbonyl (C=O) groups is 2.